The number of hydrogen-bond acceptors (Lipinski definition) is 5. The van der Waals surface area contributed by atoms with E-state index in [2.05, 4.69) is 10.1 Å². The molecule has 0 unspecified atom stereocenters. The number of halogens is 1. The molecule has 0 atom stereocenters. The number of oxime groups is 1. The summed E-state index contributed by atoms with van der Waals surface area (Å²) in [6.07, 6.45) is 2.23. The molecule has 1 aromatic heterocycles. The molecule has 5 nitrogen and oxygen atoms in total. The molecule has 0 aliphatic heterocycles. The maximum atomic E-state index is 13.2. The van der Waals surface area contributed by atoms with E-state index >= 15 is 0 Å². The minimum Gasteiger partial charge on any atom is -0.489 e. The first kappa shape index (κ1) is 19.2. The first-order valence-electron chi connectivity index (χ1n) is 8.78. The van der Waals surface area contributed by atoms with Gasteiger partial charge in [0.25, 0.3) is 0 Å². The van der Waals surface area contributed by atoms with Gasteiger partial charge < -0.3 is 9.94 Å². The van der Waals surface area contributed by atoms with Gasteiger partial charge in [-0.05, 0) is 53.9 Å². The van der Waals surface area contributed by atoms with E-state index in [1.165, 1.54) is 18.3 Å². The van der Waals surface area contributed by atoms with Crippen LogP contribution in [0, 0.1) is 5.82 Å². The molecule has 28 heavy (non-hydrogen) atoms. The largest absolute Gasteiger partial charge is 0.489 e. The molecule has 2 aromatic carbocycles. The topological polar surface area (TPSA) is 71.8 Å². The smallest absolute Gasteiger partial charge is 0.187 e. The van der Waals surface area contributed by atoms with Crippen LogP contribution in [-0.2, 0) is 17.8 Å². The Balaban J connectivity index is 1.53. The van der Waals surface area contributed by atoms with E-state index in [1.807, 2.05) is 12.1 Å². The van der Waals surface area contributed by atoms with Gasteiger partial charge in [-0.25, -0.2) is 4.39 Å². The Morgan fingerprint density at radius 2 is 1.86 bits per heavy atom. The number of ketones is 1. The highest BCUT2D eigenvalue weighted by Crippen LogP contribution is 2.16. The molecule has 0 fully saturated rings. The molecule has 0 bridgehead atoms. The molecule has 0 radical (unpaired) electrons. The number of carbonyl (C=O) groups excluding carboxylic acids is 1. The van der Waals surface area contributed by atoms with Gasteiger partial charge in [-0.3, -0.25) is 9.78 Å². The second kappa shape index (κ2) is 9.41. The summed E-state index contributed by atoms with van der Waals surface area (Å²) in [4.78, 5) is 16.4. The number of pyridine rings is 1. The zero-order valence-corrected chi connectivity index (χ0v) is 15.1. The van der Waals surface area contributed by atoms with Gasteiger partial charge in [0.15, 0.2) is 11.5 Å². The van der Waals surface area contributed by atoms with Crippen LogP contribution in [0.1, 0.15) is 23.2 Å². The van der Waals surface area contributed by atoms with Crippen molar-refractivity contribution >= 4 is 11.5 Å². The Kier molecular flexibility index (Phi) is 6.46. The van der Waals surface area contributed by atoms with E-state index in [0.717, 1.165) is 11.1 Å². The second-order valence-electron chi connectivity index (χ2n) is 6.15. The van der Waals surface area contributed by atoms with Crippen molar-refractivity contribution in [3.8, 4) is 5.75 Å². The molecule has 0 aliphatic rings. The van der Waals surface area contributed by atoms with E-state index in [9.17, 15) is 9.18 Å². The van der Waals surface area contributed by atoms with Crippen molar-refractivity contribution in [3.05, 3.63) is 95.6 Å². The highest BCUT2D eigenvalue weighted by Gasteiger charge is 2.15. The minimum absolute atomic E-state index is 0.0457. The number of rotatable bonds is 8. The first-order chi connectivity index (χ1) is 13.7. The minimum atomic E-state index is -0.294. The third-order valence-corrected chi connectivity index (χ3v) is 4.13. The number of aryl methyl sites for hydroxylation is 1. The standard InChI is InChI=1S/C22H19FN2O3/c23-18-5-3-4-17(14-18)15-28-19-10-7-16(8-11-19)9-12-21(26)22(25-27)20-6-1-2-13-24-20/h1-8,10-11,13-14,27H,9,12,15H2. The summed E-state index contributed by atoms with van der Waals surface area (Å²) in [5.41, 5.74) is 2.00. The number of aromatic nitrogens is 1. The van der Waals surface area contributed by atoms with Crippen molar-refractivity contribution in [2.45, 2.75) is 19.4 Å². The molecule has 0 saturated carbocycles. The number of hydrogen-bond donors (Lipinski definition) is 1. The van der Waals surface area contributed by atoms with Crippen molar-refractivity contribution in [1.82, 2.24) is 4.98 Å². The molecule has 6 heteroatoms. The first-order valence-corrected chi connectivity index (χ1v) is 8.78. The van der Waals surface area contributed by atoms with Crippen LogP contribution in [0.3, 0.4) is 0 Å². The summed E-state index contributed by atoms with van der Waals surface area (Å²) in [6.45, 7) is 0.274. The third-order valence-electron chi connectivity index (χ3n) is 4.13. The number of ether oxygens (including phenoxy) is 1. The highest BCUT2D eigenvalue weighted by atomic mass is 19.1. The molecule has 3 aromatic rings. The Morgan fingerprint density at radius 1 is 1.04 bits per heavy atom. The van der Waals surface area contributed by atoms with E-state index in [0.29, 0.717) is 17.9 Å². The van der Waals surface area contributed by atoms with Crippen molar-refractivity contribution in [2.24, 2.45) is 5.16 Å². The molecule has 0 spiro atoms. The van der Waals surface area contributed by atoms with Crippen LogP contribution >= 0.6 is 0 Å². The number of Topliss-reactive ketones (excluding diaryl/α,β-unsaturated/α-hetero) is 1. The molecule has 3 rings (SSSR count). The Morgan fingerprint density at radius 3 is 2.54 bits per heavy atom. The normalized spacial score (nSPS) is 11.2. The summed E-state index contributed by atoms with van der Waals surface area (Å²) in [6, 6.07) is 18.7. The van der Waals surface area contributed by atoms with Crippen LogP contribution < -0.4 is 4.74 Å². The number of benzene rings is 2. The Hall–Kier alpha value is -3.54. The lowest BCUT2D eigenvalue weighted by Crippen LogP contribution is -2.17. The molecule has 1 heterocycles. The van der Waals surface area contributed by atoms with Crippen LogP contribution in [0.15, 0.2) is 78.1 Å². The maximum absolute atomic E-state index is 13.2. The Labute approximate surface area is 162 Å². The van der Waals surface area contributed by atoms with Crippen LogP contribution in [0.2, 0.25) is 0 Å². The molecular weight excluding hydrogens is 359 g/mol. The van der Waals surface area contributed by atoms with Crippen LogP contribution in [0.25, 0.3) is 0 Å². The lowest BCUT2D eigenvalue weighted by atomic mass is 10.0. The molecular formula is C22H19FN2O3. The van der Waals surface area contributed by atoms with E-state index in [1.54, 1.807) is 42.5 Å². The fourth-order valence-corrected chi connectivity index (χ4v) is 2.67. The van der Waals surface area contributed by atoms with Crippen molar-refractivity contribution in [1.29, 1.82) is 0 Å². The van der Waals surface area contributed by atoms with E-state index in [4.69, 9.17) is 9.94 Å². The summed E-state index contributed by atoms with van der Waals surface area (Å²) >= 11 is 0. The highest BCUT2D eigenvalue weighted by molar-refractivity contribution is 6.45. The van der Waals surface area contributed by atoms with Gasteiger partial charge in [0, 0.05) is 12.6 Å². The van der Waals surface area contributed by atoms with Crippen molar-refractivity contribution in [2.75, 3.05) is 0 Å². The van der Waals surface area contributed by atoms with Gasteiger partial charge in [0.1, 0.15) is 18.2 Å². The summed E-state index contributed by atoms with van der Waals surface area (Å²) < 4.78 is 18.8. The lowest BCUT2D eigenvalue weighted by Gasteiger charge is -2.08. The SMILES string of the molecule is O=C(CCc1ccc(OCc2cccc(F)c2)cc1)C(=NO)c1ccccn1. The average molecular weight is 378 g/mol. The molecule has 142 valence electrons. The summed E-state index contributed by atoms with van der Waals surface area (Å²) in [5.74, 6) is 0.0793. The van der Waals surface area contributed by atoms with Crippen LogP contribution in [0.5, 0.6) is 5.75 Å². The quantitative estimate of drug-likeness (QED) is 0.363. The van der Waals surface area contributed by atoms with Gasteiger partial charge in [0.05, 0.1) is 5.69 Å². The monoisotopic (exact) mass is 378 g/mol. The lowest BCUT2D eigenvalue weighted by molar-refractivity contribution is -0.113. The predicted octanol–water partition coefficient (Wildman–Crippen LogP) is 4.18. The van der Waals surface area contributed by atoms with Gasteiger partial charge in [-0.15, -0.1) is 0 Å². The predicted molar refractivity (Wildman–Crippen MR) is 103 cm³/mol. The maximum Gasteiger partial charge on any atom is 0.187 e. The van der Waals surface area contributed by atoms with Crippen molar-refractivity contribution in [3.63, 3.8) is 0 Å². The van der Waals surface area contributed by atoms with E-state index < -0.39 is 0 Å². The number of nitrogens with zero attached hydrogens (tertiary/aromatic N) is 2. The third kappa shape index (κ3) is 5.23. The van der Waals surface area contributed by atoms with Gasteiger partial charge in [-0.2, -0.15) is 0 Å². The number of carbonyl (C=O) groups is 1. The van der Waals surface area contributed by atoms with Gasteiger partial charge in [-0.1, -0.05) is 35.5 Å². The fraction of sp³-hybridized carbons (Fsp3) is 0.136. The van der Waals surface area contributed by atoms with Crippen LogP contribution in [0.4, 0.5) is 4.39 Å². The van der Waals surface area contributed by atoms with E-state index in [-0.39, 0.29) is 30.3 Å². The van der Waals surface area contributed by atoms with Crippen molar-refractivity contribution < 1.29 is 19.1 Å². The summed E-state index contributed by atoms with van der Waals surface area (Å²) in [7, 11) is 0. The van der Waals surface area contributed by atoms with Gasteiger partial charge >= 0.3 is 0 Å². The molecule has 0 aliphatic carbocycles. The fourth-order valence-electron chi connectivity index (χ4n) is 2.67. The average Bonchev–Trinajstić information content (AvgIpc) is 2.73. The molecule has 0 saturated heterocycles. The van der Waals surface area contributed by atoms with Gasteiger partial charge in [0.2, 0.25) is 0 Å². The zero-order chi connectivity index (χ0) is 19.8. The molecule has 0 amide bonds. The molecule has 1 N–H and O–H groups in total. The summed E-state index contributed by atoms with van der Waals surface area (Å²) in [5, 5.41) is 12.2. The zero-order valence-electron chi connectivity index (χ0n) is 15.1. The second-order valence-corrected chi connectivity index (χ2v) is 6.15. The van der Waals surface area contributed by atoms with Crippen LogP contribution in [-0.4, -0.2) is 21.7 Å². The Bertz CT molecular complexity index is 957.